The Morgan fingerprint density at radius 3 is 2.69 bits per heavy atom. The Morgan fingerprint density at radius 2 is 2.00 bits per heavy atom. The number of thioether (sulfide) groups is 1. The van der Waals surface area contributed by atoms with E-state index in [9.17, 15) is 9.59 Å². The molecule has 6 nitrogen and oxygen atoms in total. The third kappa shape index (κ3) is 4.28. The Labute approximate surface area is 178 Å². The highest BCUT2D eigenvalue weighted by atomic mass is 32.2. The molecule has 2 aliphatic rings. The number of ether oxygens (including phenoxy) is 1. The van der Waals surface area contributed by atoms with Gasteiger partial charge in [-0.1, -0.05) is 36.1 Å². The first-order valence-corrected chi connectivity index (χ1v) is 10.3. The average molecular weight is 426 g/mol. The smallest absolute Gasteiger partial charge is 0.326 e. The molecule has 0 aromatic heterocycles. The fourth-order valence-electron chi connectivity index (χ4n) is 3.35. The zero-order chi connectivity index (χ0) is 20.5. The maximum atomic E-state index is 13.0. The van der Waals surface area contributed by atoms with Gasteiger partial charge in [-0.2, -0.15) is 0 Å². The lowest BCUT2D eigenvalue weighted by molar-refractivity contribution is -0.115. The van der Waals surface area contributed by atoms with Gasteiger partial charge in [-0.3, -0.25) is 9.69 Å². The second-order valence-electron chi connectivity index (χ2n) is 6.89. The van der Waals surface area contributed by atoms with Gasteiger partial charge in [0.05, 0.1) is 17.1 Å². The van der Waals surface area contributed by atoms with Crippen molar-refractivity contribution >= 4 is 57.7 Å². The standard InChI is InChI=1S/C21H19N3O3S2/c1-12-7-13(2)9-15(8-12)22-20(26)24-5-6-27-17-4-3-14(10-16(17)24)11-18-19(25)23-21(28)29-18/h3-4,7-11H,5-6H2,1-2H3,(H,22,26)(H,23,25,28). The molecule has 0 atom stereocenters. The van der Waals surface area contributed by atoms with Crippen LogP contribution in [0.5, 0.6) is 5.75 Å². The molecule has 0 radical (unpaired) electrons. The number of anilines is 2. The van der Waals surface area contributed by atoms with Gasteiger partial charge in [0, 0.05) is 5.69 Å². The van der Waals surface area contributed by atoms with Gasteiger partial charge in [0.1, 0.15) is 16.7 Å². The van der Waals surface area contributed by atoms with E-state index >= 15 is 0 Å². The van der Waals surface area contributed by atoms with Crippen LogP contribution in [0, 0.1) is 13.8 Å². The van der Waals surface area contributed by atoms with Gasteiger partial charge in [0.15, 0.2) is 0 Å². The molecular formula is C21H19N3O3S2. The van der Waals surface area contributed by atoms with Gasteiger partial charge < -0.3 is 15.4 Å². The largest absolute Gasteiger partial charge is 0.490 e. The topological polar surface area (TPSA) is 70.7 Å². The molecular weight excluding hydrogens is 406 g/mol. The number of aryl methyl sites for hydroxylation is 2. The van der Waals surface area contributed by atoms with E-state index < -0.39 is 0 Å². The molecule has 2 aliphatic heterocycles. The molecule has 0 bridgehead atoms. The van der Waals surface area contributed by atoms with E-state index in [1.54, 1.807) is 11.0 Å². The van der Waals surface area contributed by atoms with Gasteiger partial charge in [0.25, 0.3) is 5.91 Å². The summed E-state index contributed by atoms with van der Waals surface area (Å²) in [6.45, 7) is 4.84. The molecule has 29 heavy (non-hydrogen) atoms. The molecule has 2 heterocycles. The Kier molecular flexibility index (Phi) is 5.29. The minimum atomic E-state index is -0.224. The van der Waals surface area contributed by atoms with Crippen LogP contribution in [0.4, 0.5) is 16.2 Å². The van der Waals surface area contributed by atoms with Crippen LogP contribution in [0.3, 0.4) is 0 Å². The van der Waals surface area contributed by atoms with E-state index in [1.807, 2.05) is 44.2 Å². The van der Waals surface area contributed by atoms with Crippen molar-refractivity contribution in [3.63, 3.8) is 0 Å². The molecule has 2 aromatic rings. The lowest BCUT2D eigenvalue weighted by Crippen LogP contribution is -2.40. The predicted octanol–water partition coefficient (Wildman–Crippen LogP) is 4.22. The summed E-state index contributed by atoms with van der Waals surface area (Å²) >= 11 is 6.25. The number of rotatable bonds is 2. The zero-order valence-corrected chi connectivity index (χ0v) is 17.6. The van der Waals surface area contributed by atoms with Crippen molar-refractivity contribution in [1.29, 1.82) is 0 Å². The number of urea groups is 1. The molecule has 1 saturated heterocycles. The van der Waals surface area contributed by atoms with Crippen LogP contribution >= 0.6 is 24.0 Å². The summed E-state index contributed by atoms with van der Waals surface area (Å²) in [5.74, 6) is 0.423. The summed E-state index contributed by atoms with van der Waals surface area (Å²) in [5.41, 5.74) is 4.38. The maximum absolute atomic E-state index is 13.0. The summed E-state index contributed by atoms with van der Waals surface area (Å²) in [4.78, 5) is 27.1. The summed E-state index contributed by atoms with van der Waals surface area (Å²) in [6, 6.07) is 11.2. The van der Waals surface area contributed by atoms with Crippen molar-refractivity contribution in [2.75, 3.05) is 23.4 Å². The van der Waals surface area contributed by atoms with Crippen molar-refractivity contribution in [3.05, 3.63) is 58.0 Å². The van der Waals surface area contributed by atoms with Gasteiger partial charge in [-0.15, -0.1) is 0 Å². The number of hydrogen-bond donors (Lipinski definition) is 2. The third-order valence-corrected chi connectivity index (χ3v) is 5.67. The lowest BCUT2D eigenvalue weighted by atomic mass is 10.1. The number of carbonyl (C=O) groups excluding carboxylic acids is 2. The van der Waals surface area contributed by atoms with Crippen LogP contribution < -0.4 is 20.3 Å². The average Bonchev–Trinajstić information content (AvgIpc) is 2.97. The van der Waals surface area contributed by atoms with E-state index in [1.165, 1.54) is 11.8 Å². The highest BCUT2D eigenvalue weighted by Crippen LogP contribution is 2.35. The first kappa shape index (κ1) is 19.5. The van der Waals surface area contributed by atoms with Crippen molar-refractivity contribution in [1.82, 2.24) is 5.32 Å². The number of nitrogens with zero attached hydrogens (tertiary/aromatic N) is 1. The molecule has 2 N–H and O–H groups in total. The van der Waals surface area contributed by atoms with Crippen LogP contribution in [0.2, 0.25) is 0 Å². The van der Waals surface area contributed by atoms with Gasteiger partial charge in [0.2, 0.25) is 0 Å². The number of carbonyl (C=O) groups is 2. The molecule has 2 aromatic carbocycles. The summed E-state index contributed by atoms with van der Waals surface area (Å²) < 4.78 is 6.15. The predicted molar refractivity (Wildman–Crippen MR) is 121 cm³/mol. The van der Waals surface area contributed by atoms with Crippen LogP contribution in [0.15, 0.2) is 41.3 Å². The highest BCUT2D eigenvalue weighted by Gasteiger charge is 2.25. The molecule has 3 amide bonds. The summed E-state index contributed by atoms with van der Waals surface area (Å²) in [5, 5.41) is 5.57. The van der Waals surface area contributed by atoms with E-state index in [2.05, 4.69) is 16.7 Å². The first-order chi connectivity index (χ1) is 13.9. The Hall–Kier alpha value is -2.84. The summed E-state index contributed by atoms with van der Waals surface area (Å²) in [6.07, 6.45) is 1.76. The second-order valence-corrected chi connectivity index (χ2v) is 8.60. The first-order valence-electron chi connectivity index (χ1n) is 9.07. The fourth-order valence-corrected chi connectivity index (χ4v) is 4.39. The zero-order valence-electron chi connectivity index (χ0n) is 15.9. The van der Waals surface area contributed by atoms with Crippen LogP contribution in [-0.4, -0.2) is 29.4 Å². The molecule has 0 spiro atoms. The Balaban J connectivity index is 1.61. The molecule has 8 heteroatoms. The van der Waals surface area contributed by atoms with Crippen LogP contribution in [0.25, 0.3) is 6.08 Å². The Morgan fingerprint density at radius 1 is 1.24 bits per heavy atom. The third-order valence-electron chi connectivity index (χ3n) is 4.50. The quantitative estimate of drug-likeness (QED) is 0.557. The Bertz CT molecular complexity index is 1040. The van der Waals surface area contributed by atoms with E-state index in [0.29, 0.717) is 33.8 Å². The lowest BCUT2D eigenvalue weighted by Gasteiger charge is -2.30. The van der Waals surface area contributed by atoms with Gasteiger partial charge in [-0.25, -0.2) is 4.79 Å². The molecule has 0 unspecified atom stereocenters. The normalized spacial score (nSPS) is 17.0. The number of nitrogens with one attached hydrogen (secondary N) is 2. The van der Waals surface area contributed by atoms with Crippen molar-refractivity contribution in [2.24, 2.45) is 0 Å². The fraction of sp³-hybridized carbons (Fsp3) is 0.190. The van der Waals surface area contributed by atoms with Crippen LogP contribution in [-0.2, 0) is 4.79 Å². The van der Waals surface area contributed by atoms with Gasteiger partial charge >= 0.3 is 6.03 Å². The van der Waals surface area contributed by atoms with Gasteiger partial charge in [-0.05, 0) is 60.9 Å². The number of benzene rings is 2. The van der Waals surface area contributed by atoms with Crippen molar-refractivity contribution in [2.45, 2.75) is 13.8 Å². The number of fused-ring (bicyclic) bond motifs is 1. The molecule has 0 aliphatic carbocycles. The summed E-state index contributed by atoms with van der Waals surface area (Å²) in [7, 11) is 0. The minimum Gasteiger partial charge on any atom is -0.490 e. The second kappa shape index (κ2) is 7.88. The van der Waals surface area contributed by atoms with Crippen molar-refractivity contribution in [3.8, 4) is 5.75 Å². The number of thiocarbonyl (C=S) groups is 1. The van der Waals surface area contributed by atoms with Crippen LogP contribution in [0.1, 0.15) is 16.7 Å². The van der Waals surface area contributed by atoms with E-state index in [0.717, 1.165) is 22.4 Å². The molecule has 4 rings (SSSR count). The van der Waals surface area contributed by atoms with E-state index in [4.69, 9.17) is 17.0 Å². The number of hydrogen-bond acceptors (Lipinski definition) is 5. The monoisotopic (exact) mass is 425 g/mol. The molecule has 0 saturated carbocycles. The SMILES string of the molecule is Cc1cc(C)cc(NC(=O)N2CCOc3ccc(C=C4SC(=S)NC4=O)cc32)c1. The molecule has 1 fully saturated rings. The molecule has 148 valence electrons. The number of amides is 3. The minimum absolute atomic E-state index is 0.210. The maximum Gasteiger partial charge on any atom is 0.326 e. The highest BCUT2D eigenvalue weighted by molar-refractivity contribution is 8.26. The van der Waals surface area contributed by atoms with Crippen molar-refractivity contribution < 1.29 is 14.3 Å². The van der Waals surface area contributed by atoms with E-state index in [-0.39, 0.29) is 11.9 Å².